The Hall–Kier alpha value is -1.62. The Morgan fingerprint density at radius 2 is 2.06 bits per heavy atom. The van der Waals surface area contributed by atoms with Crippen molar-refractivity contribution in [2.75, 3.05) is 18.0 Å². The SMILES string of the molecule is CCN(CC(C)(C)O)c1cccc([N+](=O)[O-])c1C. The van der Waals surface area contributed by atoms with Gasteiger partial charge in [0.1, 0.15) is 0 Å². The summed E-state index contributed by atoms with van der Waals surface area (Å²) in [4.78, 5) is 12.5. The van der Waals surface area contributed by atoms with Gasteiger partial charge in [-0.1, -0.05) is 6.07 Å². The molecular formula is C13H20N2O3. The van der Waals surface area contributed by atoms with Crippen molar-refractivity contribution in [1.29, 1.82) is 0 Å². The minimum Gasteiger partial charge on any atom is -0.389 e. The van der Waals surface area contributed by atoms with Gasteiger partial charge in [0.15, 0.2) is 0 Å². The highest BCUT2D eigenvalue weighted by Crippen LogP contribution is 2.28. The van der Waals surface area contributed by atoms with Gasteiger partial charge in [-0.3, -0.25) is 10.1 Å². The van der Waals surface area contributed by atoms with Crippen molar-refractivity contribution in [3.8, 4) is 0 Å². The van der Waals surface area contributed by atoms with Crippen molar-refractivity contribution >= 4 is 11.4 Å². The molecule has 0 saturated heterocycles. The minimum absolute atomic E-state index is 0.113. The lowest BCUT2D eigenvalue weighted by molar-refractivity contribution is -0.385. The summed E-state index contributed by atoms with van der Waals surface area (Å²) in [6.07, 6.45) is 0. The van der Waals surface area contributed by atoms with Crippen molar-refractivity contribution in [2.45, 2.75) is 33.3 Å². The molecule has 0 fully saturated rings. The summed E-state index contributed by atoms with van der Waals surface area (Å²) < 4.78 is 0. The summed E-state index contributed by atoms with van der Waals surface area (Å²) >= 11 is 0. The smallest absolute Gasteiger partial charge is 0.274 e. The summed E-state index contributed by atoms with van der Waals surface area (Å²) in [5, 5.41) is 20.8. The number of nitro benzene ring substituents is 1. The Kier molecular flexibility index (Phi) is 4.29. The Labute approximate surface area is 107 Å². The molecule has 1 N–H and O–H groups in total. The van der Waals surface area contributed by atoms with Gasteiger partial charge >= 0.3 is 0 Å². The zero-order valence-electron chi connectivity index (χ0n) is 11.3. The molecule has 18 heavy (non-hydrogen) atoms. The highest BCUT2D eigenvalue weighted by molar-refractivity contribution is 5.61. The number of anilines is 1. The van der Waals surface area contributed by atoms with Gasteiger partial charge in [-0.2, -0.15) is 0 Å². The van der Waals surface area contributed by atoms with E-state index in [0.717, 1.165) is 5.69 Å². The molecule has 0 spiro atoms. The molecule has 0 radical (unpaired) electrons. The molecule has 0 bridgehead atoms. The quantitative estimate of drug-likeness (QED) is 0.646. The highest BCUT2D eigenvalue weighted by Gasteiger charge is 2.21. The van der Waals surface area contributed by atoms with Crippen LogP contribution in [0.25, 0.3) is 0 Å². The third-order valence-corrected chi connectivity index (χ3v) is 2.77. The summed E-state index contributed by atoms with van der Waals surface area (Å²) in [5.41, 5.74) is 0.705. The van der Waals surface area contributed by atoms with Gasteiger partial charge in [0.2, 0.25) is 0 Å². The van der Waals surface area contributed by atoms with Crippen molar-refractivity contribution in [1.82, 2.24) is 0 Å². The molecule has 0 saturated carbocycles. The van der Waals surface area contributed by atoms with E-state index in [1.807, 2.05) is 17.9 Å². The van der Waals surface area contributed by atoms with Crippen LogP contribution in [0.4, 0.5) is 11.4 Å². The molecule has 1 rings (SSSR count). The highest BCUT2D eigenvalue weighted by atomic mass is 16.6. The molecule has 0 unspecified atom stereocenters. The van der Waals surface area contributed by atoms with Gasteiger partial charge in [0, 0.05) is 24.8 Å². The predicted molar refractivity (Wildman–Crippen MR) is 72.0 cm³/mol. The van der Waals surface area contributed by atoms with Crippen molar-refractivity contribution in [3.63, 3.8) is 0 Å². The summed E-state index contributed by atoms with van der Waals surface area (Å²) in [5.74, 6) is 0. The molecule has 0 amide bonds. The zero-order chi connectivity index (χ0) is 13.9. The van der Waals surface area contributed by atoms with E-state index in [1.54, 1.807) is 26.8 Å². The monoisotopic (exact) mass is 252 g/mol. The molecule has 0 aliphatic rings. The van der Waals surface area contributed by atoms with Gasteiger partial charge in [-0.15, -0.1) is 0 Å². The number of aliphatic hydroxyl groups is 1. The van der Waals surface area contributed by atoms with Gasteiger partial charge < -0.3 is 10.0 Å². The molecule has 0 atom stereocenters. The Morgan fingerprint density at radius 1 is 1.44 bits per heavy atom. The van der Waals surface area contributed by atoms with Crippen LogP contribution in [-0.4, -0.2) is 28.7 Å². The lowest BCUT2D eigenvalue weighted by Gasteiger charge is -2.30. The summed E-state index contributed by atoms with van der Waals surface area (Å²) in [6, 6.07) is 5.02. The molecule has 0 aromatic heterocycles. The maximum atomic E-state index is 10.9. The zero-order valence-corrected chi connectivity index (χ0v) is 11.3. The average Bonchev–Trinajstić information content (AvgIpc) is 2.25. The molecule has 100 valence electrons. The second kappa shape index (κ2) is 5.35. The number of hydrogen-bond donors (Lipinski definition) is 1. The van der Waals surface area contributed by atoms with Crippen LogP contribution >= 0.6 is 0 Å². The normalized spacial score (nSPS) is 11.4. The average molecular weight is 252 g/mol. The van der Waals surface area contributed by atoms with E-state index in [4.69, 9.17) is 0 Å². The second-order valence-electron chi connectivity index (χ2n) is 5.00. The number of nitrogens with zero attached hydrogens (tertiary/aromatic N) is 2. The summed E-state index contributed by atoms with van der Waals surface area (Å²) in [7, 11) is 0. The minimum atomic E-state index is -0.840. The van der Waals surface area contributed by atoms with Gasteiger partial charge in [-0.05, 0) is 33.8 Å². The third-order valence-electron chi connectivity index (χ3n) is 2.77. The first kappa shape index (κ1) is 14.4. The van der Waals surface area contributed by atoms with E-state index in [-0.39, 0.29) is 10.6 Å². The Balaban J connectivity index is 3.14. The van der Waals surface area contributed by atoms with E-state index >= 15 is 0 Å². The third kappa shape index (κ3) is 3.43. The van der Waals surface area contributed by atoms with Crippen molar-refractivity contribution in [2.24, 2.45) is 0 Å². The van der Waals surface area contributed by atoms with Crippen LogP contribution in [0.3, 0.4) is 0 Å². The lowest BCUT2D eigenvalue weighted by Crippen LogP contribution is -2.39. The van der Waals surface area contributed by atoms with E-state index < -0.39 is 5.60 Å². The molecular weight excluding hydrogens is 232 g/mol. The maximum absolute atomic E-state index is 10.9. The van der Waals surface area contributed by atoms with Gasteiger partial charge in [0.05, 0.1) is 16.1 Å². The van der Waals surface area contributed by atoms with Gasteiger partial charge in [-0.25, -0.2) is 0 Å². The molecule has 0 aliphatic heterocycles. The second-order valence-corrected chi connectivity index (χ2v) is 5.00. The van der Waals surface area contributed by atoms with E-state index in [2.05, 4.69) is 0 Å². The number of rotatable bonds is 5. The van der Waals surface area contributed by atoms with Crippen LogP contribution in [0, 0.1) is 17.0 Å². The predicted octanol–water partition coefficient (Wildman–Crippen LogP) is 2.50. The standard InChI is InChI=1S/C13H20N2O3/c1-5-14(9-13(3,4)16)11-7-6-8-12(10(11)2)15(17)18/h6-8,16H,5,9H2,1-4H3. The fourth-order valence-corrected chi connectivity index (χ4v) is 1.99. The van der Waals surface area contributed by atoms with E-state index in [1.165, 1.54) is 6.07 Å². The van der Waals surface area contributed by atoms with Crippen LogP contribution in [0.2, 0.25) is 0 Å². The van der Waals surface area contributed by atoms with E-state index in [9.17, 15) is 15.2 Å². The van der Waals surface area contributed by atoms with Crippen LogP contribution < -0.4 is 4.90 Å². The number of benzene rings is 1. The molecule has 0 heterocycles. The number of likely N-dealkylation sites (N-methyl/N-ethyl adjacent to an activating group) is 1. The van der Waals surface area contributed by atoms with Crippen LogP contribution in [0.5, 0.6) is 0 Å². The molecule has 1 aromatic carbocycles. The Bertz CT molecular complexity index is 438. The van der Waals surface area contributed by atoms with Crippen LogP contribution in [-0.2, 0) is 0 Å². The fourth-order valence-electron chi connectivity index (χ4n) is 1.99. The first-order valence-corrected chi connectivity index (χ1v) is 5.97. The molecule has 0 aliphatic carbocycles. The maximum Gasteiger partial charge on any atom is 0.274 e. The largest absolute Gasteiger partial charge is 0.389 e. The summed E-state index contributed by atoms with van der Waals surface area (Å²) in [6.45, 7) is 8.27. The first-order valence-electron chi connectivity index (χ1n) is 5.97. The molecule has 5 heteroatoms. The van der Waals surface area contributed by atoms with Gasteiger partial charge in [0.25, 0.3) is 5.69 Å². The fraction of sp³-hybridized carbons (Fsp3) is 0.538. The topological polar surface area (TPSA) is 66.6 Å². The van der Waals surface area contributed by atoms with Crippen molar-refractivity contribution in [3.05, 3.63) is 33.9 Å². The van der Waals surface area contributed by atoms with E-state index in [0.29, 0.717) is 18.7 Å². The number of hydrogen-bond acceptors (Lipinski definition) is 4. The lowest BCUT2D eigenvalue weighted by atomic mass is 10.1. The van der Waals surface area contributed by atoms with Crippen LogP contribution in [0.1, 0.15) is 26.3 Å². The number of nitro groups is 1. The van der Waals surface area contributed by atoms with Crippen molar-refractivity contribution < 1.29 is 10.0 Å². The molecule has 1 aromatic rings. The van der Waals surface area contributed by atoms with Crippen LogP contribution in [0.15, 0.2) is 18.2 Å². The molecule has 5 nitrogen and oxygen atoms in total. The Morgan fingerprint density at radius 3 is 2.50 bits per heavy atom. The first-order chi connectivity index (χ1) is 8.26.